The molecule has 0 unspecified atom stereocenters. The average molecular weight is 232 g/mol. The summed E-state index contributed by atoms with van der Waals surface area (Å²) in [6.07, 6.45) is 2.85. The van der Waals surface area contributed by atoms with E-state index in [0.29, 0.717) is 10.8 Å². The molecule has 18 heavy (non-hydrogen) atoms. The molecule has 4 atom stereocenters. The molecule has 0 radical (unpaired) electrons. The van der Waals surface area contributed by atoms with Crippen LogP contribution in [0, 0.1) is 11.8 Å². The Hall–Kier alpha value is -1.56. The molecule has 0 aromatic heterocycles. The van der Waals surface area contributed by atoms with Gasteiger partial charge in [0.25, 0.3) is 0 Å². The molecular weight excluding hydrogens is 216 g/mol. The van der Waals surface area contributed by atoms with Crippen LogP contribution >= 0.6 is 0 Å². The summed E-state index contributed by atoms with van der Waals surface area (Å²) >= 11 is 0. The van der Waals surface area contributed by atoms with E-state index >= 15 is 0 Å². The fourth-order valence-electron chi connectivity index (χ4n) is 5.13. The van der Waals surface area contributed by atoms with Gasteiger partial charge in [0.1, 0.15) is 0 Å². The first-order chi connectivity index (χ1) is 8.89. The van der Waals surface area contributed by atoms with Crippen molar-refractivity contribution in [3.63, 3.8) is 0 Å². The fourth-order valence-corrected chi connectivity index (χ4v) is 5.13. The lowest BCUT2D eigenvalue weighted by atomic mass is 9.65. The third-order valence-corrected chi connectivity index (χ3v) is 5.89. The Morgan fingerprint density at radius 2 is 1.00 bits per heavy atom. The van der Waals surface area contributed by atoms with Crippen LogP contribution in [0.4, 0.5) is 0 Å². The average Bonchev–Trinajstić information content (AvgIpc) is 3.29. The maximum Gasteiger partial charge on any atom is 0.00872 e. The van der Waals surface area contributed by atoms with Crippen molar-refractivity contribution in [2.24, 2.45) is 11.8 Å². The predicted octanol–water partition coefficient (Wildman–Crippen LogP) is 3.92. The van der Waals surface area contributed by atoms with Gasteiger partial charge in [-0.05, 0) is 35.8 Å². The van der Waals surface area contributed by atoms with E-state index in [1.807, 2.05) is 0 Å². The maximum atomic E-state index is 2.35. The Morgan fingerprint density at radius 1 is 0.611 bits per heavy atom. The van der Waals surface area contributed by atoms with E-state index in [4.69, 9.17) is 0 Å². The van der Waals surface area contributed by atoms with Gasteiger partial charge in [-0.2, -0.15) is 0 Å². The fraction of sp³-hybridized carbons (Fsp3) is 0.333. The molecule has 3 aliphatic carbocycles. The van der Waals surface area contributed by atoms with Crippen molar-refractivity contribution in [3.05, 3.63) is 71.8 Å². The number of rotatable bonds is 2. The molecule has 3 aliphatic rings. The van der Waals surface area contributed by atoms with Gasteiger partial charge in [-0.1, -0.05) is 60.7 Å². The van der Waals surface area contributed by atoms with Gasteiger partial charge in [0.05, 0.1) is 0 Å². The lowest BCUT2D eigenvalue weighted by molar-refractivity contribution is 0.311. The third-order valence-electron chi connectivity index (χ3n) is 5.89. The van der Waals surface area contributed by atoms with Crippen molar-refractivity contribution in [1.29, 1.82) is 0 Å². The van der Waals surface area contributed by atoms with E-state index in [9.17, 15) is 0 Å². The highest BCUT2D eigenvalue weighted by molar-refractivity contribution is 5.60. The van der Waals surface area contributed by atoms with Crippen LogP contribution < -0.4 is 0 Å². The van der Waals surface area contributed by atoms with Gasteiger partial charge in [-0.3, -0.25) is 0 Å². The van der Waals surface area contributed by atoms with E-state index in [0.717, 1.165) is 11.8 Å². The smallest absolute Gasteiger partial charge is 0.00872 e. The van der Waals surface area contributed by atoms with Crippen LogP contribution in [0.2, 0.25) is 0 Å². The lowest BCUT2D eigenvalue weighted by Crippen LogP contribution is -2.38. The molecule has 0 saturated heterocycles. The van der Waals surface area contributed by atoms with Crippen molar-refractivity contribution >= 4 is 0 Å². The summed E-state index contributed by atoms with van der Waals surface area (Å²) < 4.78 is 0. The molecule has 0 amide bonds. The van der Waals surface area contributed by atoms with Crippen molar-refractivity contribution in [1.82, 2.24) is 0 Å². The van der Waals surface area contributed by atoms with Crippen molar-refractivity contribution < 1.29 is 0 Å². The Morgan fingerprint density at radius 3 is 1.33 bits per heavy atom. The number of fused-ring (bicyclic) bond motifs is 4. The molecule has 2 aromatic carbocycles. The summed E-state index contributed by atoms with van der Waals surface area (Å²) in [5, 5.41) is 0. The van der Waals surface area contributed by atoms with Gasteiger partial charge in [0.2, 0.25) is 0 Å². The van der Waals surface area contributed by atoms with E-state index in [1.54, 1.807) is 11.1 Å². The summed E-state index contributed by atoms with van der Waals surface area (Å²) in [5.41, 5.74) is 4.21. The molecule has 0 nitrogen and oxygen atoms in total. The molecule has 0 aliphatic heterocycles. The Kier molecular flexibility index (Phi) is 1.41. The summed E-state index contributed by atoms with van der Waals surface area (Å²) in [4.78, 5) is 0. The predicted molar refractivity (Wildman–Crippen MR) is 72.5 cm³/mol. The molecule has 3 saturated carbocycles. The van der Waals surface area contributed by atoms with Crippen LogP contribution in [0.1, 0.15) is 24.0 Å². The monoisotopic (exact) mass is 232 g/mol. The molecule has 2 aromatic rings. The van der Waals surface area contributed by atoms with Crippen molar-refractivity contribution in [2.45, 2.75) is 23.7 Å². The highest BCUT2D eigenvalue weighted by Gasteiger charge is 2.90. The van der Waals surface area contributed by atoms with E-state index < -0.39 is 0 Å². The van der Waals surface area contributed by atoms with Crippen LogP contribution in [0.5, 0.6) is 0 Å². The van der Waals surface area contributed by atoms with Crippen molar-refractivity contribution in [2.75, 3.05) is 0 Å². The molecule has 0 heterocycles. The lowest BCUT2D eigenvalue weighted by Gasteiger charge is -2.38. The van der Waals surface area contributed by atoms with Gasteiger partial charge in [0.15, 0.2) is 0 Å². The highest BCUT2D eigenvalue weighted by Crippen LogP contribution is 2.92. The second kappa shape index (κ2) is 2.71. The number of hydrogen-bond donors (Lipinski definition) is 0. The first kappa shape index (κ1) is 9.38. The van der Waals surface area contributed by atoms with Gasteiger partial charge in [-0.25, -0.2) is 0 Å². The summed E-state index contributed by atoms with van der Waals surface area (Å²) in [5.74, 6) is 1.97. The van der Waals surface area contributed by atoms with Crippen LogP contribution in [0.25, 0.3) is 0 Å². The van der Waals surface area contributed by atoms with Gasteiger partial charge in [0, 0.05) is 10.8 Å². The van der Waals surface area contributed by atoms with E-state index in [2.05, 4.69) is 60.7 Å². The molecule has 0 N–H and O–H groups in total. The summed E-state index contributed by atoms with van der Waals surface area (Å²) in [6.45, 7) is 0. The minimum absolute atomic E-state index is 0.514. The first-order valence-electron chi connectivity index (χ1n) is 7.01. The van der Waals surface area contributed by atoms with Crippen LogP contribution in [-0.4, -0.2) is 0 Å². The quantitative estimate of drug-likeness (QED) is 0.736. The molecule has 0 bridgehead atoms. The maximum absolute atomic E-state index is 2.35. The zero-order chi connectivity index (χ0) is 11.8. The Balaban J connectivity index is 1.66. The van der Waals surface area contributed by atoms with E-state index in [1.165, 1.54) is 12.8 Å². The second-order valence-electron chi connectivity index (χ2n) is 6.30. The molecule has 0 spiro atoms. The van der Waals surface area contributed by atoms with Gasteiger partial charge in [-0.15, -0.1) is 0 Å². The summed E-state index contributed by atoms with van der Waals surface area (Å²) in [6, 6.07) is 22.5. The molecule has 0 heteroatoms. The van der Waals surface area contributed by atoms with Crippen LogP contribution in [0.15, 0.2) is 60.7 Å². The Labute approximate surface area is 108 Å². The molecule has 88 valence electrons. The molecule has 3 fully saturated rings. The topological polar surface area (TPSA) is 0 Å². The number of benzene rings is 2. The second-order valence-corrected chi connectivity index (χ2v) is 6.30. The third kappa shape index (κ3) is 0.791. The van der Waals surface area contributed by atoms with Crippen LogP contribution in [0.3, 0.4) is 0 Å². The zero-order valence-corrected chi connectivity index (χ0v) is 10.3. The van der Waals surface area contributed by atoms with E-state index in [-0.39, 0.29) is 0 Å². The highest BCUT2D eigenvalue weighted by atomic mass is 14.9. The minimum atomic E-state index is 0.514. The van der Waals surface area contributed by atoms with Crippen molar-refractivity contribution in [3.8, 4) is 0 Å². The summed E-state index contributed by atoms with van der Waals surface area (Å²) in [7, 11) is 0. The SMILES string of the molecule is c1ccc([C@@]23C[C@@H]2[C@H]2C[C@]23c2ccccc2)cc1. The first-order valence-corrected chi connectivity index (χ1v) is 7.01. The molecular formula is C18H16. The normalized spacial score (nSPS) is 42.4. The minimum Gasteiger partial charge on any atom is -0.0622 e. The largest absolute Gasteiger partial charge is 0.0622 e. The Bertz CT molecular complexity index is 558. The van der Waals surface area contributed by atoms with Gasteiger partial charge >= 0.3 is 0 Å². The van der Waals surface area contributed by atoms with Crippen LogP contribution in [-0.2, 0) is 10.8 Å². The zero-order valence-electron chi connectivity index (χ0n) is 10.3. The molecule has 5 rings (SSSR count). The number of hydrogen-bond acceptors (Lipinski definition) is 0. The van der Waals surface area contributed by atoms with Gasteiger partial charge < -0.3 is 0 Å². The standard InChI is InChI=1S/C18H16/c1-3-7-13(8-4-1)17-11-15(17)16-12-18(16,17)14-9-5-2-6-10-14/h1-10,15-16H,11-12H2/t15-,16-,17+,18+/m1/s1.